The molecule has 0 amide bonds. The number of thiophene rings is 1. The maximum atomic E-state index is 13.9. The van der Waals surface area contributed by atoms with Gasteiger partial charge in [0, 0.05) is 17.5 Å². The first kappa shape index (κ1) is 16.4. The first-order valence-corrected chi connectivity index (χ1v) is 9.72. The molecule has 1 aliphatic rings. The monoisotopic (exact) mass is 355 g/mol. The molecule has 1 aromatic carbocycles. The molecule has 0 atom stereocenters. The van der Waals surface area contributed by atoms with Crippen LogP contribution in [0.4, 0.5) is 4.39 Å². The van der Waals surface area contributed by atoms with E-state index in [1.807, 2.05) is 17.5 Å². The van der Waals surface area contributed by atoms with Gasteiger partial charge in [-0.05, 0) is 48.9 Å². The van der Waals surface area contributed by atoms with Crippen LogP contribution < -0.4 is 4.74 Å². The van der Waals surface area contributed by atoms with Crippen LogP contribution in [0.2, 0.25) is 0 Å². The predicted octanol–water partition coefficient (Wildman–Crippen LogP) is 3.29. The van der Waals surface area contributed by atoms with E-state index in [4.69, 9.17) is 4.74 Å². The minimum Gasteiger partial charge on any atom is -0.494 e. The van der Waals surface area contributed by atoms with Gasteiger partial charge in [-0.25, -0.2) is 12.8 Å². The molecule has 23 heavy (non-hydrogen) atoms. The summed E-state index contributed by atoms with van der Waals surface area (Å²) in [6.07, 6.45) is 2.40. The summed E-state index contributed by atoms with van der Waals surface area (Å²) in [5, 5.41) is 1.98. The second-order valence-electron chi connectivity index (χ2n) is 5.47. The Morgan fingerprint density at radius 2 is 2.13 bits per heavy atom. The molecule has 1 aromatic heterocycles. The summed E-state index contributed by atoms with van der Waals surface area (Å²) in [4.78, 5) is 1.13. The van der Waals surface area contributed by atoms with Gasteiger partial charge in [0.1, 0.15) is 0 Å². The summed E-state index contributed by atoms with van der Waals surface area (Å²) in [6.45, 7) is 0.418. The Morgan fingerprint density at radius 1 is 1.35 bits per heavy atom. The molecule has 124 valence electrons. The summed E-state index contributed by atoms with van der Waals surface area (Å²) in [6, 6.07) is 7.77. The molecule has 0 saturated heterocycles. The summed E-state index contributed by atoms with van der Waals surface area (Å²) in [5.74, 6) is -0.622. The molecule has 0 radical (unpaired) electrons. The molecule has 0 aliphatic heterocycles. The van der Waals surface area contributed by atoms with E-state index in [-0.39, 0.29) is 16.7 Å². The molecule has 2 aromatic rings. The van der Waals surface area contributed by atoms with Gasteiger partial charge in [0.15, 0.2) is 11.6 Å². The lowest BCUT2D eigenvalue weighted by molar-refractivity contribution is 0.384. The van der Waals surface area contributed by atoms with Gasteiger partial charge in [0.2, 0.25) is 10.0 Å². The number of rotatable bonds is 7. The van der Waals surface area contributed by atoms with Crippen LogP contribution in [0.15, 0.2) is 40.6 Å². The van der Waals surface area contributed by atoms with Gasteiger partial charge in [0.25, 0.3) is 0 Å². The third kappa shape index (κ3) is 3.57. The molecule has 1 heterocycles. The number of hydrogen-bond donors (Lipinski definition) is 0. The van der Waals surface area contributed by atoms with E-state index in [1.54, 1.807) is 11.3 Å². The third-order valence-electron chi connectivity index (χ3n) is 3.84. The van der Waals surface area contributed by atoms with Gasteiger partial charge in [-0.3, -0.25) is 0 Å². The summed E-state index contributed by atoms with van der Waals surface area (Å²) in [5.41, 5.74) is 0. The number of hydrogen-bond acceptors (Lipinski definition) is 4. The van der Waals surface area contributed by atoms with Crippen LogP contribution in [0, 0.1) is 5.82 Å². The molecule has 3 rings (SSSR count). The van der Waals surface area contributed by atoms with Gasteiger partial charge in [-0.2, -0.15) is 4.31 Å². The van der Waals surface area contributed by atoms with Gasteiger partial charge >= 0.3 is 0 Å². The number of sulfonamides is 1. The second-order valence-corrected chi connectivity index (χ2v) is 8.40. The van der Waals surface area contributed by atoms with Crippen molar-refractivity contribution in [3.05, 3.63) is 46.4 Å². The molecule has 7 heteroatoms. The maximum absolute atomic E-state index is 13.9. The number of ether oxygens (including phenoxy) is 1. The largest absolute Gasteiger partial charge is 0.494 e. The predicted molar refractivity (Wildman–Crippen MR) is 87.9 cm³/mol. The average Bonchev–Trinajstić information content (AvgIpc) is 3.22. The van der Waals surface area contributed by atoms with E-state index in [0.29, 0.717) is 13.0 Å². The van der Waals surface area contributed by atoms with Crippen LogP contribution in [0.25, 0.3) is 0 Å². The van der Waals surface area contributed by atoms with Crippen LogP contribution in [0.1, 0.15) is 17.7 Å². The van der Waals surface area contributed by atoms with Crippen molar-refractivity contribution in [3.8, 4) is 5.75 Å². The third-order valence-corrected chi connectivity index (χ3v) is 6.73. The molecular formula is C16H18FNO3S2. The van der Waals surface area contributed by atoms with Crippen LogP contribution >= 0.6 is 11.3 Å². The molecule has 1 saturated carbocycles. The number of benzene rings is 1. The number of halogens is 1. The fourth-order valence-corrected chi connectivity index (χ4v) is 4.88. The van der Waals surface area contributed by atoms with Crippen LogP contribution in [-0.2, 0) is 16.4 Å². The van der Waals surface area contributed by atoms with Crippen molar-refractivity contribution in [1.82, 2.24) is 4.31 Å². The zero-order valence-electron chi connectivity index (χ0n) is 12.7. The fourth-order valence-electron chi connectivity index (χ4n) is 2.48. The molecule has 1 aliphatic carbocycles. The molecule has 0 unspecified atom stereocenters. The number of methoxy groups -OCH3 is 1. The molecular weight excluding hydrogens is 337 g/mol. The molecule has 4 nitrogen and oxygen atoms in total. The molecule has 0 bridgehead atoms. The minimum absolute atomic E-state index is 0.0196. The van der Waals surface area contributed by atoms with Crippen LogP contribution in [-0.4, -0.2) is 32.4 Å². The van der Waals surface area contributed by atoms with Crippen molar-refractivity contribution in [1.29, 1.82) is 0 Å². The molecule has 1 fully saturated rings. The Hall–Kier alpha value is -1.44. The lowest BCUT2D eigenvalue weighted by atomic mass is 10.3. The lowest BCUT2D eigenvalue weighted by Crippen LogP contribution is -2.34. The smallest absolute Gasteiger partial charge is 0.243 e. The van der Waals surface area contributed by atoms with E-state index < -0.39 is 15.8 Å². The van der Waals surface area contributed by atoms with E-state index in [2.05, 4.69) is 0 Å². The van der Waals surface area contributed by atoms with Gasteiger partial charge in [-0.1, -0.05) is 6.07 Å². The maximum Gasteiger partial charge on any atom is 0.243 e. The highest BCUT2D eigenvalue weighted by atomic mass is 32.2. The van der Waals surface area contributed by atoms with Crippen molar-refractivity contribution in [3.63, 3.8) is 0 Å². The van der Waals surface area contributed by atoms with Gasteiger partial charge < -0.3 is 4.74 Å². The normalized spacial score (nSPS) is 15.1. The van der Waals surface area contributed by atoms with Crippen molar-refractivity contribution in [2.75, 3.05) is 13.7 Å². The Kier molecular flexibility index (Phi) is 4.70. The Morgan fingerprint density at radius 3 is 2.70 bits per heavy atom. The fraction of sp³-hybridized carbons (Fsp3) is 0.375. The van der Waals surface area contributed by atoms with Crippen LogP contribution in [0.5, 0.6) is 5.75 Å². The standard InChI is InChI=1S/C16H18FNO3S2/c1-21-16-7-6-14(11-15(16)17)23(19,20)18(12-4-5-12)9-8-13-3-2-10-22-13/h2-3,6-7,10-12H,4-5,8-9H2,1H3. The lowest BCUT2D eigenvalue weighted by Gasteiger charge is -2.22. The van der Waals surface area contributed by atoms with Gasteiger partial charge in [0.05, 0.1) is 12.0 Å². The number of nitrogens with zero attached hydrogens (tertiary/aromatic N) is 1. The van der Waals surface area contributed by atoms with E-state index >= 15 is 0 Å². The van der Waals surface area contributed by atoms with Crippen molar-refractivity contribution in [2.24, 2.45) is 0 Å². The molecule has 0 N–H and O–H groups in total. The van der Waals surface area contributed by atoms with E-state index in [9.17, 15) is 12.8 Å². The first-order valence-electron chi connectivity index (χ1n) is 7.40. The highest BCUT2D eigenvalue weighted by Crippen LogP contribution is 2.33. The SMILES string of the molecule is COc1ccc(S(=O)(=O)N(CCc2cccs2)C2CC2)cc1F. The van der Waals surface area contributed by atoms with E-state index in [0.717, 1.165) is 23.8 Å². The average molecular weight is 355 g/mol. The summed E-state index contributed by atoms with van der Waals surface area (Å²) >= 11 is 1.61. The highest BCUT2D eigenvalue weighted by Gasteiger charge is 2.38. The first-order chi connectivity index (χ1) is 11.0. The van der Waals surface area contributed by atoms with Crippen molar-refractivity contribution < 1.29 is 17.5 Å². The van der Waals surface area contributed by atoms with Crippen molar-refractivity contribution >= 4 is 21.4 Å². The summed E-state index contributed by atoms with van der Waals surface area (Å²) in [7, 11) is -2.34. The highest BCUT2D eigenvalue weighted by molar-refractivity contribution is 7.89. The van der Waals surface area contributed by atoms with Crippen molar-refractivity contribution in [2.45, 2.75) is 30.2 Å². The Bertz CT molecular complexity index is 771. The zero-order valence-corrected chi connectivity index (χ0v) is 14.4. The Labute approximate surface area is 139 Å². The van der Waals surface area contributed by atoms with E-state index in [1.165, 1.54) is 23.5 Å². The Balaban J connectivity index is 1.84. The quantitative estimate of drug-likeness (QED) is 0.766. The topological polar surface area (TPSA) is 46.6 Å². The van der Waals surface area contributed by atoms with Gasteiger partial charge in [-0.15, -0.1) is 11.3 Å². The zero-order chi connectivity index (χ0) is 16.4. The van der Waals surface area contributed by atoms with Crippen LogP contribution in [0.3, 0.4) is 0 Å². The minimum atomic E-state index is -3.70. The summed E-state index contributed by atoms with van der Waals surface area (Å²) < 4.78 is 45.9. The molecule has 0 spiro atoms. The second kappa shape index (κ2) is 6.59.